The molecular weight excluding hydrogens is 436 g/mol. The van der Waals surface area contributed by atoms with Gasteiger partial charge < -0.3 is 0 Å². The van der Waals surface area contributed by atoms with Crippen LogP contribution in [0.5, 0.6) is 0 Å². The number of hydrogen-bond acceptors (Lipinski definition) is 6. The first-order valence-corrected chi connectivity index (χ1v) is 12.5. The number of sulfonamides is 1. The van der Waals surface area contributed by atoms with Gasteiger partial charge in [-0.1, -0.05) is 13.8 Å². The SMILES string of the molecule is CCc1cc2c(=O)n(NC(=O)c3ccc(S(=O)(=O)N4CCC(C)CC4)cc3)cnc2s1. The minimum Gasteiger partial charge on any atom is -0.267 e. The summed E-state index contributed by atoms with van der Waals surface area (Å²) in [6, 6.07) is 7.55. The van der Waals surface area contributed by atoms with Crippen LogP contribution in [-0.2, 0) is 16.4 Å². The lowest BCUT2D eigenvalue weighted by molar-refractivity contribution is 0.101. The topological polar surface area (TPSA) is 101 Å². The largest absolute Gasteiger partial charge is 0.280 e. The summed E-state index contributed by atoms with van der Waals surface area (Å²) in [5.41, 5.74) is 2.41. The van der Waals surface area contributed by atoms with Gasteiger partial charge in [-0.15, -0.1) is 11.3 Å². The number of fused-ring (bicyclic) bond motifs is 1. The molecule has 0 spiro atoms. The molecule has 164 valence electrons. The molecule has 31 heavy (non-hydrogen) atoms. The molecule has 0 radical (unpaired) electrons. The van der Waals surface area contributed by atoms with Crippen LogP contribution in [0.1, 0.15) is 41.9 Å². The summed E-state index contributed by atoms with van der Waals surface area (Å²) in [5.74, 6) is 0.00206. The normalized spacial score (nSPS) is 15.9. The van der Waals surface area contributed by atoms with Gasteiger partial charge in [0.1, 0.15) is 11.2 Å². The van der Waals surface area contributed by atoms with Gasteiger partial charge in [0, 0.05) is 23.5 Å². The molecule has 1 N–H and O–H groups in total. The molecule has 2 aromatic heterocycles. The lowest BCUT2D eigenvalue weighted by Crippen LogP contribution is -2.37. The van der Waals surface area contributed by atoms with E-state index in [1.54, 1.807) is 6.07 Å². The second-order valence-corrected chi connectivity index (χ2v) is 10.8. The number of carbonyl (C=O) groups excluding carboxylic acids is 1. The van der Waals surface area contributed by atoms with Crippen molar-refractivity contribution >= 4 is 37.5 Å². The number of hydrogen-bond donors (Lipinski definition) is 1. The van der Waals surface area contributed by atoms with Crippen LogP contribution in [-0.4, -0.2) is 41.4 Å². The minimum absolute atomic E-state index is 0.157. The van der Waals surface area contributed by atoms with Gasteiger partial charge in [0.15, 0.2) is 0 Å². The van der Waals surface area contributed by atoms with E-state index in [1.807, 2.05) is 6.92 Å². The van der Waals surface area contributed by atoms with Crippen molar-refractivity contribution in [1.29, 1.82) is 0 Å². The smallest absolute Gasteiger partial charge is 0.267 e. The third-order valence-electron chi connectivity index (χ3n) is 5.57. The van der Waals surface area contributed by atoms with Crippen LogP contribution in [0.2, 0.25) is 0 Å². The number of aryl methyl sites for hydroxylation is 1. The maximum atomic E-state index is 12.8. The highest BCUT2D eigenvalue weighted by molar-refractivity contribution is 7.89. The Morgan fingerprint density at radius 3 is 2.55 bits per heavy atom. The molecule has 1 aliphatic heterocycles. The van der Waals surface area contributed by atoms with E-state index < -0.39 is 15.9 Å². The zero-order chi connectivity index (χ0) is 22.2. The second kappa shape index (κ2) is 8.52. The maximum absolute atomic E-state index is 12.8. The van der Waals surface area contributed by atoms with Crippen molar-refractivity contribution in [3.05, 3.63) is 57.5 Å². The average molecular weight is 461 g/mol. The van der Waals surface area contributed by atoms with E-state index in [4.69, 9.17) is 0 Å². The van der Waals surface area contributed by atoms with Crippen LogP contribution in [0.15, 0.2) is 46.3 Å². The average Bonchev–Trinajstić information content (AvgIpc) is 3.20. The van der Waals surface area contributed by atoms with Crippen molar-refractivity contribution < 1.29 is 13.2 Å². The molecule has 10 heteroatoms. The summed E-state index contributed by atoms with van der Waals surface area (Å²) < 4.78 is 28.2. The van der Waals surface area contributed by atoms with Gasteiger partial charge in [0.05, 0.1) is 10.3 Å². The van der Waals surface area contributed by atoms with Gasteiger partial charge in [-0.05, 0) is 55.5 Å². The first-order valence-electron chi connectivity index (χ1n) is 10.2. The number of nitrogens with zero attached hydrogens (tertiary/aromatic N) is 3. The van der Waals surface area contributed by atoms with E-state index in [0.717, 1.165) is 28.8 Å². The fourth-order valence-corrected chi connectivity index (χ4v) is 5.95. The highest BCUT2D eigenvalue weighted by atomic mass is 32.2. The quantitative estimate of drug-likeness (QED) is 0.631. The molecule has 0 saturated carbocycles. The van der Waals surface area contributed by atoms with E-state index >= 15 is 0 Å². The molecule has 8 nitrogen and oxygen atoms in total. The number of nitrogens with one attached hydrogen (secondary N) is 1. The Bertz CT molecular complexity index is 1270. The summed E-state index contributed by atoms with van der Waals surface area (Å²) >= 11 is 1.45. The third kappa shape index (κ3) is 4.28. The van der Waals surface area contributed by atoms with Crippen molar-refractivity contribution in [3.8, 4) is 0 Å². The third-order valence-corrected chi connectivity index (χ3v) is 8.67. The van der Waals surface area contributed by atoms with E-state index in [0.29, 0.717) is 29.2 Å². The first kappa shape index (κ1) is 21.7. The number of thiophene rings is 1. The number of amides is 1. The fraction of sp³-hybridized carbons (Fsp3) is 0.381. The Balaban J connectivity index is 1.52. The summed E-state index contributed by atoms with van der Waals surface area (Å²) in [6.45, 7) is 5.14. The van der Waals surface area contributed by atoms with Gasteiger partial charge >= 0.3 is 0 Å². The standard InChI is InChI=1S/C21H24N4O4S2/c1-3-16-12-18-20(30-16)22-13-25(21(18)27)23-19(26)15-4-6-17(7-5-15)31(28,29)24-10-8-14(2)9-11-24/h4-7,12-14H,3,8-11H2,1-2H3,(H,23,26). The van der Waals surface area contributed by atoms with E-state index in [-0.39, 0.29) is 16.0 Å². The molecule has 0 aliphatic carbocycles. The van der Waals surface area contributed by atoms with Crippen LogP contribution in [0.25, 0.3) is 10.2 Å². The lowest BCUT2D eigenvalue weighted by atomic mass is 10.0. The molecule has 0 unspecified atom stereocenters. The molecule has 3 heterocycles. The van der Waals surface area contributed by atoms with Gasteiger partial charge in [-0.3, -0.25) is 15.0 Å². The van der Waals surface area contributed by atoms with Crippen LogP contribution < -0.4 is 11.0 Å². The van der Waals surface area contributed by atoms with Crippen LogP contribution in [0.3, 0.4) is 0 Å². The molecular formula is C21H24N4O4S2. The predicted octanol–water partition coefficient (Wildman–Crippen LogP) is 2.82. The molecule has 1 fully saturated rings. The number of piperidine rings is 1. The van der Waals surface area contributed by atoms with E-state index in [2.05, 4.69) is 17.3 Å². The Labute approximate surface area is 184 Å². The maximum Gasteiger partial charge on any atom is 0.280 e. The fourth-order valence-electron chi connectivity index (χ4n) is 3.55. The highest BCUT2D eigenvalue weighted by Gasteiger charge is 2.28. The Kier molecular flexibility index (Phi) is 5.96. The molecule has 1 saturated heterocycles. The van der Waals surface area contributed by atoms with Crippen molar-refractivity contribution in [2.24, 2.45) is 5.92 Å². The highest BCUT2D eigenvalue weighted by Crippen LogP contribution is 2.24. The molecule has 4 rings (SSSR count). The van der Waals surface area contributed by atoms with Gasteiger partial charge in [-0.2, -0.15) is 4.31 Å². The molecule has 1 amide bonds. The van der Waals surface area contributed by atoms with E-state index in [9.17, 15) is 18.0 Å². The van der Waals surface area contributed by atoms with Gasteiger partial charge in [-0.25, -0.2) is 18.1 Å². The molecule has 0 atom stereocenters. The Hall–Kier alpha value is -2.56. The van der Waals surface area contributed by atoms with E-state index in [1.165, 1.54) is 46.2 Å². The summed E-state index contributed by atoms with van der Waals surface area (Å²) in [4.78, 5) is 31.3. The first-order chi connectivity index (χ1) is 14.8. The van der Waals surface area contributed by atoms with Crippen LogP contribution >= 0.6 is 11.3 Å². The lowest BCUT2D eigenvalue weighted by Gasteiger charge is -2.29. The number of benzene rings is 1. The van der Waals surface area contributed by atoms with Crippen LogP contribution in [0, 0.1) is 5.92 Å². The Morgan fingerprint density at radius 2 is 1.90 bits per heavy atom. The number of carbonyl (C=O) groups is 1. The zero-order valence-corrected chi connectivity index (χ0v) is 19.0. The molecule has 1 aromatic carbocycles. The number of rotatable bonds is 5. The van der Waals surface area contributed by atoms with Gasteiger partial charge in [0.2, 0.25) is 10.0 Å². The molecule has 0 bridgehead atoms. The second-order valence-electron chi connectivity index (χ2n) is 7.76. The monoisotopic (exact) mass is 460 g/mol. The summed E-state index contributed by atoms with van der Waals surface area (Å²) in [5, 5.41) is 0.460. The summed E-state index contributed by atoms with van der Waals surface area (Å²) in [7, 11) is -3.58. The Morgan fingerprint density at radius 1 is 1.23 bits per heavy atom. The van der Waals surface area contributed by atoms with Crippen molar-refractivity contribution in [3.63, 3.8) is 0 Å². The predicted molar refractivity (Wildman–Crippen MR) is 121 cm³/mol. The molecule has 3 aromatic rings. The van der Waals surface area contributed by atoms with Gasteiger partial charge in [0.25, 0.3) is 11.5 Å². The zero-order valence-electron chi connectivity index (χ0n) is 17.4. The minimum atomic E-state index is -3.58. The van der Waals surface area contributed by atoms with Crippen molar-refractivity contribution in [2.75, 3.05) is 18.5 Å². The molecule has 1 aliphatic rings. The van der Waals surface area contributed by atoms with Crippen molar-refractivity contribution in [2.45, 2.75) is 38.0 Å². The van der Waals surface area contributed by atoms with Crippen LogP contribution in [0.4, 0.5) is 0 Å². The van der Waals surface area contributed by atoms with Crippen molar-refractivity contribution in [1.82, 2.24) is 14.0 Å². The summed E-state index contributed by atoms with van der Waals surface area (Å²) in [6.07, 6.45) is 3.78. The number of aromatic nitrogens is 2.